The third kappa shape index (κ3) is 4.23. The number of benzene rings is 2. The van der Waals surface area contributed by atoms with Crippen molar-refractivity contribution in [1.29, 1.82) is 0 Å². The van der Waals surface area contributed by atoms with Crippen LogP contribution in [0.1, 0.15) is 30.5 Å². The molecule has 2 aromatic rings. The molecule has 0 heterocycles. The smallest absolute Gasteiger partial charge is 0.122 e. The second-order valence-corrected chi connectivity index (χ2v) is 4.96. The highest BCUT2D eigenvalue weighted by molar-refractivity contribution is 5.34. The van der Waals surface area contributed by atoms with Crippen LogP contribution in [-0.4, -0.2) is 13.7 Å². The summed E-state index contributed by atoms with van der Waals surface area (Å²) in [6.07, 6.45) is 1.79. The Bertz CT molecular complexity index is 551. The van der Waals surface area contributed by atoms with Gasteiger partial charge in [0.05, 0.1) is 13.7 Å². The van der Waals surface area contributed by atoms with Gasteiger partial charge in [-0.05, 0) is 49.1 Å². The van der Waals surface area contributed by atoms with Crippen LogP contribution in [0, 0.1) is 0 Å². The van der Waals surface area contributed by atoms with Gasteiger partial charge in [0.2, 0.25) is 0 Å². The molecule has 1 atom stereocenters. The van der Waals surface area contributed by atoms with Crippen molar-refractivity contribution in [3.05, 3.63) is 59.7 Å². The van der Waals surface area contributed by atoms with Crippen LogP contribution >= 0.6 is 0 Å². The Hall–Kier alpha value is -2.00. The highest BCUT2D eigenvalue weighted by atomic mass is 16.5. The lowest BCUT2D eigenvalue weighted by Gasteiger charge is -2.14. The van der Waals surface area contributed by atoms with Crippen molar-refractivity contribution in [2.24, 2.45) is 5.73 Å². The molecule has 2 rings (SSSR count). The average Bonchev–Trinajstić information content (AvgIpc) is 2.54. The van der Waals surface area contributed by atoms with E-state index in [9.17, 15) is 0 Å². The molecule has 0 aromatic heterocycles. The molecular formula is C18H23NO2. The highest BCUT2D eigenvalue weighted by Crippen LogP contribution is 2.24. The first-order valence-electron chi connectivity index (χ1n) is 7.34. The van der Waals surface area contributed by atoms with Crippen LogP contribution in [0.15, 0.2) is 48.5 Å². The number of para-hydroxylation sites is 1. The van der Waals surface area contributed by atoms with E-state index in [1.807, 2.05) is 49.4 Å². The summed E-state index contributed by atoms with van der Waals surface area (Å²) >= 11 is 0. The van der Waals surface area contributed by atoms with Crippen molar-refractivity contribution in [2.75, 3.05) is 13.7 Å². The van der Waals surface area contributed by atoms with E-state index in [0.29, 0.717) is 6.61 Å². The quantitative estimate of drug-likeness (QED) is 0.843. The zero-order chi connectivity index (χ0) is 15.1. The molecule has 0 spiro atoms. The molecule has 0 aliphatic rings. The first kappa shape index (κ1) is 15.4. The standard InChI is InChI=1S/C18H23NO2/c1-3-21-18-7-5-4-6-15(18)10-13-17(19)14-8-11-16(20-2)12-9-14/h4-9,11-12,17H,3,10,13,19H2,1-2H3. The van der Waals surface area contributed by atoms with Gasteiger partial charge >= 0.3 is 0 Å². The van der Waals surface area contributed by atoms with E-state index < -0.39 is 0 Å². The van der Waals surface area contributed by atoms with Crippen molar-refractivity contribution in [3.63, 3.8) is 0 Å². The van der Waals surface area contributed by atoms with Crippen LogP contribution in [0.3, 0.4) is 0 Å². The van der Waals surface area contributed by atoms with Crippen molar-refractivity contribution in [1.82, 2.24) is 0 Å². The van der Waals surface area contributed by atoms with Crippen LogP contribution in [0.25, 0.3) is 0 Å². The lowest BCUT2D eigenvalue weighted by atomic mass is 9.99. The molecule has 2 N–H and O–H groups in total. The number of rotatable bonds is 7. The van der Waals surface area contributed by atoms with Gasteiger partial charge in [0, 0.05) is 6.04 Å². The molecule has 0 saturated heterocycles. The van der Waals surface area contributed by atoms with Gasteiger partial charge in [-0.2, -0.15) is 0 Å². The van der Waals surface area contributed by atoms with E-state index in [0.717, 1.165) is 29.9 Å². The van der Waals surface area contributed by atoms with Gasteiger partial charge in [-0.15, -0.1) is 0 Å². The first-order chi connectivity index (χ1) is 10.2. The predicted octanol–water partition coefficient (Wildman–Crippen LogP) is 3.73. The second-order valence-electron chi connectivity index (χ2n) is 4.96. The third-order valence-corrected chi connectivity index (χ3v) is 3.54. The van der Waals surface area contributed by atoms with Crippen LogP contribution < -0.4 is 15.2 Å². The summed E-state index contributed by atoms with van der Waals surface area (Å²) in [5.74, 6) is 1.81. The Balaban J connectivity index is 1.98. The molecule has 3 nitrogen and oxygen atoms in total. The van der Waals surface area contributed by atoms with Crippen LogP contribution in [-0.2, 0) is 6.42 Å². The Morgan fingerprint density at radius 2 is 1.76 bits per heavy atom. The molecular weight excluding hydrogens is 262 g/mol. The molecule has 0 aliphatic carbocycles. The Morgan fingerprint density at radius 3 is 2.43 bits per heavy atom. The molecule has 21 heavy (non-hydrogen) atoms. The minimum atomic E-state index is 0.0191. The van der Waals surface area contributed by atoms with Crippen molar-refractivity contribution >= 4 is 0 Å². The van der Waals surface area contributed by atoms with E-state index in [4.69, 9.17) is 15.2 Å². The number of hydrogen-bond donors (Lipinski definition) is 1. The number of methoxy groups -OCH3 is 1. The van der Waals surface area contributed by atoms with E-state index in [2.05, 4.69) is 6.07 Å². The number of nitrogens with two attached hydrogens (primary N) is 1. The van der Waals surface area contributed by atoms with Gasteiger partial charge < -0.3 is 15.2 Å². The lowest BCUT2D eigenvalue weighted by molar-refractivity contribution is 0.336. The van der Waals surface area contributed by atoms with E-state index in [1.54, 1.807) is 7.11 Å². The molecule has 3 heteroatoms. The molecule has 0 fully saturated rings. The maximum Gasteiger partial charge on any atom is 0.122 e. The largest absolute Gasteiger partial charge is 0.497 e. The molecule has 2 aromatic carbocycles. The fraction of sp³-hybridized carbons (Fsp3) is 0.333. The Labute approximate surface area is 126 Å². The van der Waals surface area contributed by atoms with Crippen LogP contribution in [0.2, 0.25) is 0 Å². The Morgan fingerprint density at radius 1 is 1.05 bits per heavy atom. The summed E-state index contributed by atoms with van der Waals surface area (Å²) in [6, 6.07) is 16.1. The Kier molecular flexibility index (Phi) is 5.64. The van der Waals surface area contributed by atoms with Crippen LogP contribution in [0.4, 0.5) is 0 Å². The van der Waals surface area contributed by atoms with Gasteiger partial charge in [0.25, 0.3) is 0 Å². The van der Waals surface area contributed by atoms with Crippen molar-refractivity contribution < 1.29 is 9.47 Å². The lowest BCUT2D eigenvalue weighted by Crippen LogP contribution is -2.11. The topological polar surface area (TPSA) is 44.5 Å². The molecule has 0 radical (unpaired) electrons. The molecule has 0 bridgehead atoms. The summed E-state index contributed by atoms with van der Waals surface area (Å²) in [7, 11) is 1.67. The van der Waals surface area contributed by atoms with Gasteiger partial charge in [-0.3, -0.25) is 0 Å². The van der Waals surface area contributed by atoms with E-state index in [1.165, 1.54) is 5.56 Å². The molecule has 0 aliphatic heterocycles. The average molecular weight is 285 g/mol. The minimum absolute atomic E-state index is 0.0191. The number of ether oxygens (including phenoxy) is 2. The maximum atomic E-state index is 6.28. The van der Waals surface area contributed by atoms with Gasteiger partial charge in [0.15, 0.2) is 0 Å². The fourth-order valence-electron chi connectivity index (χ4n) is 2.34. The highest BCUT2D eigenvalue weighted by Gasteiger charge is 2.09. The van der Waals surface area contributed by atoms with Gasteiger partial charge in [-0.1, -0.05) is 30.3 Å². The number of hydrogen-bond acceptors (Lipinski definition) is 3. The summed E-state index contributed by atoms with van der Waals surface area (Å²) < 4.78 is 10.8. The molecule has 0 saturated carbocycles. The van der Waals surface area contributed by atoms with Gasteiger partial charge in [0.1, 0.15) is 11.5 Å². The number of aryl methyl sites for hydroxylation is 1. The summed E-state index contributed by atoms with van der Waals surface area (Å²) in [5.41, 5.74) is 8.62. The SMILES string of the molecule is CCOc1ccccc1CCC(N)c1ccc(OC)cc1. The van der Waals surface area contributed by atoms with E-state index >= 15 is 0 Å². The zero-order valence-electron chi connectivity index (χ0n) is 12.7. The predicted molar refractivity (Wildman–Crippen MR) is 85.9 cm³/mol. The molecule has 112 valence electrons. The monoisotopic (exact) mass is 285 g/mol. The minimum Gasteiger partial charge on any atom is -0.497 e. The van der Waals surface area contributed by atoms with Crippen molar-refractivity contribution in [3.8, 4) is 11.5 Å². The first-order valence-corrected chi connectivity index (χ1v) is 7.34. The third-order valence-electron chi connectivity index (χ3n) is 3.54. The molecule has 1 unspecified atom stereocenters. The molecule has 0 amide bonds. The van der Waals surface area contributed by atoms with Gasteiger partial charge in [-0.25, -0.2) is 0 Å². The summed E-state index contributed by atoms with van der Waals surface area (Å²) in [6.45, 7) is 2.68. The van der Waals surface area contributed by atoms with E-state index in [-0.39, 0.29) is 6.04 Å². The van der Waals surface area contributed by atoms with Crippen molar-refractivity contribution in [2.45, 2.75) is 25.8 Å². The fourth-order valence-corrected chi connectivity index (χ4v) is 2.34. The summed E-state index contributed by atoms with van der Waals surface area (Å²) in [4.78, 5) is 0. The normalized spacial score (nSPS) is 12.0. The zero-order valence-corrected chi connectivity index (χ0v) is 12.7. The second kappa shape index (κ2) is 7.70. The van der Waals surface area contributed by atoms with Crippen LogP contribution in [0.5, 0.6) is 11.5 Å². The summed E-state index contributed by atoms with van der Waals surface area (Å²) in [5, 5.41) is 0. The maximum absolute atomic E-state index is 6.28.